The largest absolute Gasteiger partial charge is 0.311 e. The van der Waals surface area contributed by atoms with E-state index in [1.165, 1.54) is 0 Å². The quantitative estimate of drug-likeness (QED) is 0.677. The Bertz CT molecular complexity index is 673. The van der Waals surface area contributed by atoms with Crippen LogP contribution in [0.15, 0.2) is 12.1 Å². The van der Waals surface area contributed by atoms with Gasteiger partial charge in [0, 0.05) is 6.07 Å². The van der Waals surface area contributed by atoms with Gasteiger partial charge in [0.25, 0.3) is 0 Å². The Morgan fingerprint density at radius 2 is 2.14 bits per heavy atom. The number of nitrogens with zero attached hydrogens (tertiary/aromatic N) is 3. The van der Waals surface area contributed by atoms with E-state index in [1.54, 1.807) is 7.05 Å². The molecule has 1 heterocycles. The van der Waals surface area contributed by atoms with Gasteiger partial charge in [-0.2, -0.15) is 4.39 Å². The Kier molecular flexibility index (Phi) is 4.53. The van der Waals surface area contributed by atoms with Gasteiger partial charge in [-0.1, -0.05) is 18.3 Å². The topological polar surface area (TPSA) is 81.0 Å². The fourth-order valence-corrected chi connectivity index (χ4v) is 2.93. The van der Waals surface area contributed by atoms with Crippen LogP contribution < -0.4 is 5.32 Å². The molecule has 6 nitrogen and oxygen atoms in total. The second-order valence-corrected chi connectivity index (χ2v) is 5.22. The van der Waals surface area contributed by atoms with Crippen LogP contribution in [-0.2, 0) is 0 Å². The summed E-state index contributed by atoms with van der Waals surface area (Å²) in [5, 5.41) is 21.9. The lowest BCUT2D eigenvalue weighted by Gasteiger charge is -2.08. The summed E-state index contributed by atoms with van der Waals surface area (Å²) in [6.07, 6.45) is 0.727. The molecule has 0 aliphatic rings. The molecule has 0 aliphatic carbocycles. The predicted molar refractivity (Wildman–Crippen MR) is 74.0 cm³/mol. The molecule has 9 heteroatoms. The zero-order valence-electron chi connectivity index (χ0n) is 11.3. The van der Waals surface area contributed by atoms with E-state index in [0.717, 1.165) is 29.9 Å². The zero-order valence-corrected chi connectivity index (χ0v) is 12.1. The van der Waals surface area contributed by atoms with Crippen LogP contribution in [0.5, 0.6) is 0 Å². The Morgan fingerprint density at radius 1 is 1.43 bits per heavy atom. The molecule has 1 N–H and O–H groups in total. The maximum Gasteiger partial charge on any atom is 0.305 e. The predicted octanol–water partition coefficient (Wildman–Crippen LogP) is 3.06. The molecule has 0 amide bonds. The zero-order chi connectivity index (χ0) is 15.6. The van der Waals surface area contributed by atoms with E-state index in [1.807, 2.05) is 6.92 Å². The highest BCUT2D eigenvalue weighted by Crippen LogP contribution is 2.34. The first-order valence-corrected chi connectivity index (χ1v) is 6.94. The van der Waals surface area contributed by atoms with E-state index < -0.39 is 27.8 Å². The van der Waals surface area contributed by atoms with Crippen molar-refractivity contribution in [3.05, 3.63) is 38.9 Å². The van der Waals surface area contributed by atoms with Crippen LogP contribution in [0.2, 0.25) is 0 Å². The van der Waals surface area contributed by atoms with Gasteiger partial charge in [-0.25, -0.2) is 4.39 Å². The molecule has 0 radical (unpaired) electrons. The fourth-order valence-electron chi connectivity index (χ4n) is 1.86. The van der Waals surface area contributed by atoms with Crippen LogP contribution in [0, 0.1) is 21.7 Å². The Hall–Kier alpha value is -2.00. The van der Waals surface area contributed by atoms with Crippen LogP contribution in [0.25, 0.3) is 10.6 Å². The molecular weight excluding hydrogens is 302 g/mol. The highest BCUT2D eigenvalue weighted by Gasteiger charge is 2.25. The highest BCUT2D eigenvalue weighted by atomic mass is 32.1. The van der Waals surface area contributed by atoms with Crippen LogP contribution in [0.1, 0.15) is 24.4 Å². The number of nitro groups is 1. The number of benzene rings is 1. The first-order valence-electron chi connectivity index (χ1n) is 6.13. The first kappa shape index (κ1) is 15.4. The van der Waals surface area contributed by atoms with Gasteiger partial charge < -0.3 is 5.32 Å². The molecule has 1 aromatic carbocycles. The van der Waals surface area contributed by atoms with Crippen LogP contribution in [0.3, 0.4) is 0 Å². The van der Waals surface area contributed by atoms with E-state index in [0.29, 0.717) is 5.01 Å². The van der Waals surface area contributed by atoms with Gasteiger partial charge in [0.15, 0.2) is 5.01 Å². The van der Waals surface area contributed by atoms with E-state index in [-0.39, 0.29) is 11.0 Å². The normalized spacial score (nSPS) is 12.4. The molecule has 21 heavy (non-hydrogen) atoms. The molecule has 0 bridgehead atoms. The van der Waals surface area contributed by atoms with Crippen molar-refractivity contribution in [1.82, 2.24) is 15.5 Å². The number of nitro benzene ring substituents is 1. The average molecular weight is 314 g/mol. The number of rotatable bonds is 5. The number of nitrogens with one attached hydrogen (secondary N) is 1. The minimum absolute atomic E-state index is 0.0163. The molecule has 112 valence electrons. The smallest absolute Gasteiger partial charge is 0.305 e. The molecule has 1 atom stereocenters. The molecule has 1 unspecified atom stereocenters. The molecule has 0 fully saturated rings. The maximum absolute atomic E-state index is 14.1. The fraction of sp³-hybridized carbons (Fsp3) is 0.333. The molecule has 2 aromatic rings. The Balaban J connectivity index is 2.52. The lowest BCUT2D eigenvalue weighted by molar-refractivity contribution is -0.387. The minimum atomic E-state index is -1.24. The van der Waals surface area contributed by atoms with E-state index in [2.05, 4.69) is 15.5 Å². The molecule has 0 aliphatic heterocycles. The van der Waals surface area contributed by atoms with Crippen molar-refractivity contribution >= 4 is 17.0 Å². The van der Waals surface area contributed by atoms with Crippen LogP contribution >= 0.6 is 11.3 Å². The number of hydrogen-bond acceptors (Lipinski definition) is 6. The van der Waals surface area contributed by atoms with Gasteiger partial charge >= 0.3 is 5.69 Å². The monoisotopic (exact) mass is 314 g/mol. The molecule has 0 saturated heterocycles. The second kappa shape index (κ2) is 6.19. The minimum Gasteiger partial charge on any atom is -0.311 e. The van der Waals surface area contributed by atoms with E-state index in [9.17, 15) is 18.9 Å². The van der Waals surface area contributed by atoms with Crippen molar-refractivity contribution < 1.29 is 13.7 Å². The number of hydrogen-bond donors (Lipinski definition) is 1. The maximum atomic E-state index is 14.1. The summed E-state index contributed by atoms with van der Waals surface area (Å²) < 4.78 is 27.9. The van der Waals surface area contributed by atoms with Gasteiger partial charge in [0.2, 0.25) is 5.82 Å². The summed E-state index contributed by atoms with van der Waals surface area (Å²) in [4.78, 5) is 9.82. The summed E-state index contributed by atoms with van der Waals surface area (Å²) in [6, 6.07) is 1.56. The SMILES string of the molecule is CCC(NC)c1nnc(-c2c(F)ccc([N+](=O)[O-])c2F)s1. The summed E-state index contributed by atoms with van der Waals surface area (Å²) in [6.45, 7) is 1.93. The highest BCUT2D eigenvalue weighted by molar-refractivity contribution is 7.14. The summed E-state index contributed by atoms with van der Waals surface area (Å²) >= 11 is 1.00. The summed E-state index contributed by atoms with van der Waals surface area (Å²) in [5.74, 6) is -2.14. The second-order valence-electron chi connectivity index (χ2n) is 4.21. The van der Waals surface area contributed by atoms with E-state index in [4.69, 9.17) is 0 Å². The lowest BCUT2D eigenvalue weighted by Crippen LogP contribution is -2.14. The van der Waals surface area contributed by atoms with Crippen molar-refractivity contribution in [3.63, 3.8) is 0 Å². The van der Waals surface area contributed by atoms with Crippen molar-refractivity contribution in [2.45, 2.75) is 19.4 Å². The Morgan fingerprint density at radius 3 is 2.71 bits per heavy atom. The van der Waals surface area contributed by atoms with Crippen LogP contribution in [-0.4, -0.2) is 22.2 Å². The Labute approximate surface area is 123 Å². The van der Waals surface area contributed by atoms with Crippen molar-refractivity contribution in [3.8, 4) is 10.6 Å². The molecule has 0 spiro atoms. The standard InChI is InChI=1S/C12H12F2N4O2S/c1-3-7(15-2)11-16-17-12(21-11)9-6(13)4-5-8(10(9)14)18(19)20/h4-5,7,15H,3H2,1-2H3. The molecular formula is C12H12F2N4O2S. The van der Waals surface area contributed by atoms with Gasteiger partial charge in [-0.15, -0.1) is 10.2 Å². The third kappa shape index (κ3) is 2.88. The first-order chi connectivity index (χ1) is 9.99. The van der Waals surface area contributed by atoms with Gasteiger partial charge in [0.05, 0.1) is 16.5 Å². The average Bonchev–Trinajstić information content (AvgIpc) is 2.89. The number of aromatic nitrogens is 2. The molecule has 0 saturated carbocycles. The van der Waals surface area contributed by atoms with Crippen molar-refractivity contribution in [1.29, 1.82) is 0 Å². The third-order valence-electron chi connectivity index (χ3n) is 2.98. The van der Waals surface area contributed by atoms with Crippen molar-refractivity contribution in [2.75, 3.05) is 7.05 Å². The van der Waals surface area contributed by atoms with Gasteiger partial charge in [-0.3, -0.25) is 10.1 Å². The van der Waals surface area contributed by atoms with Gasteiger partial charge in [0.1, 0.15) is 10.8 Å². The van der Waals surface area contributed by atoms with E-state index >= 15 is 0 Å². The molecule has 2 rings (SSSR count). The third-order valence-corrected chi connectivity index (χ3v) is 4.03. The summed E-state index contributed by atoms with van der Waals surface area (Å²) in [5.41, 5.74) is -1.30. The molecule has 1 aromatic heterocycles. The van der Waals surface area contributed by atoms with Gasteiger partial charge in [-0.05, 0) is 19.5 Å². The lowest BCUT2D eigenvalue weighted by atomic mass is 10.2. The van der Waals surface area contributed by atoms with Crippen molar-refractivity contribution in [2.24, 2.45) is 0 Å². The summed E-state index contributed by atoms with van der Waals surface area (Å²) in [7, 11) is 1.74. The number of halogens is 2. The van der Waals surface area contributed by atoms with Crippen LogP contribution in [0.4, 0.5) is 14.5 Å².